The fraction of sp³-hybridized carbons (Fsp3) is 0.562. The van der Waals surface area contributed by atoms with Crippen LogP contribution >= 0.6 is 11.8 Å². The molecule has 0 aliphatic carbocycles. The molecule has 1 amide bonds. The van der Waals surface area contributed by atoms with Crippen molar-refractivity contribution >= 4 is 17.7 Å². The Kier molecular flexibility index (Phi) is 7.10. The van der Waals surface area contributed by atoms with Crippen LogP contribution in [-0.4, -0.2) is 35.2 Å². The number of benzene rings is 1. The van der Waals surface area contributed by atoms with Gasteiger partial charge in [-0.15, -0.1) is 0 Å². The number of carbonyl (C=O) groups is 1. The molecule has 1 aromatic rings. The van der Waals surface area contributed by atoms with Crippen molar-refractivity contribution in [3.8, 4) is 0 Å². The number of hydrogen-bond donors (Lipinski definition) is 2. The van der Waals surface area contributed by atoms with E-state index in [9.17, 15) is 9.90 Å². The molecule has 0 radical (unpaired) electrons. The van der Waals surface area contributed by atoms with Crippen molar-refractivity contribution in [3.05, 3.63) is 35.4 Å². The molecule has 0 bridgehead atoms. The summed E-state index contributed by atoms with van der Waals surface area (Å²) in [4.78, 5) is 12.2. The van der Waals surface area contributed by atoms with Crippen LogP contribution in [0, 0.1) is 12.8 Å². The van der Waals surface area contributed by atoms with Crippen molar-refractivity contribution in [1.82, 2.24) is 5.32 Å². The minimum atomic E-state index is -0.0682. The second kappa shape index (κ2) is 8.32. The molecule has 4 heteroatoms. The van der Waals surface area contributed by atoms with Gasteiger partial charge in [-0.25, -0.2) is 0 Å². The number of carbonyl (C=O) groups excluding carboxylic acids is 1. The zero-order valence-electron chi connectivity index (χ0n) is 12.7. The van der Waals surface area contributed by atoms with E-state index in [1.807, 2.05) is 20.1 Å². The number of nitrogens with one attached hydrogen (secondary N) is 1. The molecule has 2 N–H and O–H groups in total. The maximum absolute atomic E-state index is 12.2. The lowest BCUT2D eigenvalue weighted by Gasteiger charge is -2.23. The van der Waals surface area contributed by atoms with Crippen molar-refractivity contribution in [1.29, 1.82) is 0 Å². The summed E-state index contributed by atoms with van der Waals surface area (Å²) in [5.74, 6) is -0.0214. The Balaban J connectivity index is 2.52. The highest BCUT2D eigenvalue weighted by Crippen LogP contribution is 2.13. The third-order valence-electron chi connectivity index (χ3n) is 3.52. The molecule has 1 aromatic carbocycles. The molecule has 0 spiro atoms. The van der Waals surface area contributed by atoms with Crippen molar-refractivity contribution in [3.63, 3.8) is 0 Å². The van der Waals surface area contributed by atoms with Gasteiger partial charge in [0.05, 0.1) is 6.61 Å². The number of aliphatic hydroxyl groups is 1. The number of aryl methyl sites for hydroxylation is 1. The van der Waals surface area contributed by atoms with Crippen LogP contribution in [0.25, 0.3) is 0 Å². The monoisotopic (exact) mass is 295 g/mol. The minimum Gasteiger partial charge on any atom is -0.395 e. The van der Waals surface area contributed by atoms with E-state index in [4.69, 9.17) is 0 Å². The standard InChI is InChI=1S/C16H25NO2S/c1-11-5-7-14(8-6-11)9-12(2)16(19)17-13(3)15(10-18)20-4/h5-8,12-13,15,18H,9-10H2,1-4H3,(H,17,19). The van der Waals surface area contributed by atoms with Crippen LogP contribution in [0.4, 0.5) is 0 Å². The molecule has 0 saturated heterocycles. The van der Waals surface area contributed by atoms with Crippen molar-refractivity contribution in [2.45, 2.75) is 38.5 Å². The first-order valence-corrected chi connectivity index (χ1v) is 8.26. The zero-order valence-corrected chi connectivity index (χ0v) is 13.5. The van der Waals surface area contributed by atoms with E-state index in [0.29, 0.717) is 0 Å². The van der Waals surface area contributed by atoms with Crippen LogP contribution in [0.3, 0.4) is 0 Å². The van der Waals surface area contributed by atoms with Crippen LogP contribution in [-0.2, 0) is 11.2 Å². The van der Waals surface area contributed by atoms with Crippen LogP contribution in [0.1, 0.15) is 25.0 Å². The van der Waals surface area contributed by atoms with Crippen molar-refractivity contribution < 1.29 is 9.90 Å². The molecular weight excluding hydrogens is 270 g/mol. The molecule has 3 unspecified atom stereocenters. The predicted octanol–water partition coefficient (Wildman–Crippen LogP) is 2.40. The Labute approximate surface area is 126 Å². The molecule has 1 rings (SSSR count). The SMILES string of the molecule is CSC(CO)C(C)NC(=O)C(C)Cc1ccc(C)cc1. The lowest BCUT2D eigenvalue weighted by atomic mass is 9.99. The van der Waals surface area contributed by atoms with Crippen molar-refractivity contribution in [2.75, 3.05) is 12.9 Å². The van der Waals surface area contributed by atoms with Gasteiger partial charge >= 0.3 is 0 Å². The smallest absolute Gasteiger partial charge is 0.223 e. The fourth-order valence-corrected chi connectivity index (χ4v) is 2.69. The summed E-state index contributed by atoms with van der Waals surface area (Å²) in [5.41, 5.74) is 2.40. The zero-order chi connectivity index (χ0) is 15.1. The van der Waals surface area contributed by atoms with Gasteiger partial charge in [0, 0.05) is 17.2 Å². The van der Waals surface area contributed by atoms with Gasteiger partial charge in [-0.3, -0.25) is 4.79 Å². The third-order valence-corrected chi connectivity index (χ3v) is 4.68. The molecule has 112 valence electrons. The van der Waals surface area contributed by atoms with Crippen LogP contribution in [0.5, 0.6) is 0 Å². The van der Waals surface area contributed by atoms with Gasteiger partial charge in [-0.1, -0.05) is 36.8 Å². The highest BCUT2D eigenvalue weighted by atomic mass is 32.2. The Hall–Kier alpha value is -1.00. The summed E-state index contributed by atoms with van der Waals surface area (Å²) in [5, 5.41) is 12.3. The van der Waals surface area contributed by atoms with E-state index in [1.54, 1.807) is 11.8 Å². The fourth-order valence-electron chi connectivity index (χ4n) is 2.07. The molecule has 0 heterocycles. The van der Waals surface area contributed by atoms with Gasteiger partial charge in [-0.05, 0) is 32.1 Å². The summed E-state index contributed by atoms with van der Waals surface area (Å²) >= 11 is 1.57. The van der Waals surface area contributed by atoms with E-state index < -0.39 is 0 Å². The van der Waals surface area contributed by atoms with Crippen LogP contribution in [0.2, 0.25) is 0 Å². The van der Waals surface area contributed by atoms with Gasteiger partial charge in [0.25, 0.3) is 0 Å². The van der Waals surface area contributed by atoms with E-state index >= 15 is 0 Å². The topological polar surface area (TPSA) is 49.3 Å². The van der Waals surface area contributed by atoms with E-state index in [-0.39, 0.29) is 29.7 Å². The number of amides is 1. The normalized spacial score (nSPS) is 15.4. The lowest BCUT2D eigenvalue weighted by Crippen LogP contribution is -2.43. The average molecular weight is 295 g/mol. The van der Waals surface area contributed by atoms with E-state index in [0.717, 1.165) is 6.42 Å². The Bertz CT molecular complexity index is 415. The molecule has 3 nitrogen and oxygen atoms in total. The molecule has 20 heavy (non-hydrogen) atoms. The third kappa shape index (κ3) is 5.17. The summed E-state index contributed by atoms with van der Waals surface area (Å²) in [6.45, 7) is 6.01. The Morgan fingerprint density at radius 3 is 2.40 bits per heavy atom. The van der Waals surface area contributed by atoms with E-state index in [1.165, 1.54) is 11.1 Å². The maximum Gasteiger partial charge on any atom is 0.223 e. The lowest BCUT2D eigenvalue weighted by molar-refractivity contribution is -0.125. The van der Waals surface area contributed by atoms with E-state index in [2.05, 4.69) is 36.5 Å². The number of aliphatic hydroxyl groups excluding tert-OH is 1. The molecule has 0 aliphatic rings. The maximum atomic E-state index is 12.2. The van der Waals surface area contributed by atoms with Crippen LogP contribution in [0.15, 0.2) is 24.3 Å². The van der Waals surface area contributed by atoms with Gasteiger partial charge in [-0.2, -0.15) is 11.8 Å². The summed E-state index contributed by atoms with van der Waals surface area (Å²) < 4.78 is 0. The summed E-state index contributed by atoms with van der Waals surface area (Å²) in [6, 6.07) is 8.25. The largest absolute Gasteiger partial charge is 0.395 e. The second-order valence-corrected chi connectivity index (χ2v) is 6.42. The summed E-state index contributed by atoms with van der Waals surface area (Å²) in [7, 11) is 0. The highest BCUT2D eigenvalue weighted by Gasteiger charge is 2.20. The predicted molar refractivity (Wildman–Crippen MR) is 86.0 cm³/mol. The highest BCUT2D eigenvalue weighted by molar-refractivity contribution is 7.99. The van der Waals surface area contributed by atoms with Crippen LogP contribution < -0.4 is 5.32 Å². The van der Waals surface area contributed by atoms with Gasteiger partial charge in [0.15, 0.2) is 0 Å². The molecular formula is C16H25NO2S. The number of rotatable bonds is 7. The van der Waals surface area contributed by atoms with Gasteiger partial charge in [0.2, 0.25) is 5.91 Å². The Morgan fingerprint density at radius 1 is 1.30 bits per heavy atom. The van der Waals surface area contributed by atoms with Crippen molar-refractivity contribution in [2.24, 2.45) is 5.92 Å². The van der Waals surface area contributed by atoms with Gasteiger partial charge in [0.1, 0.15) is 0 Å². The first kappa shape index (κ1) is 17.1. The molecule has 0 aromatic heterocycles. The molecule has 3 atom stereocenters. The minimum absolute atomic E-state index is 0.0250. The summed E-state index contributed by atoms with van der Waals surface area (Å²) in [6.07, 6.45) is 2.68. The molecule has 0 aliphatic heterocycles. The molecule has 0 fully saturated rings. The second-order valence-electron chi connectivity index (χ2n) is 5.34. The van der Waals surface area contributed by atoms with Gasteiger partial charge < -0.3 is 10.4 Å². The molecule has 0 saturated carbocycles. The number of hydrogen-bond acceptors (Lipinski definition) is 3. The Morgan fingerprint density at radius 2 is 1.90 bits per heavy atom. The first-order chi connectivity index (χ1) is 9.47. The first-order valence-electron chi connectivity index (χ1n) is 6.97. The number of thioether (sulfide) groups is 1. The average Bonchev–Trinajstić information content (AvgIpc) is 2.42. The quantitative estimate of drug-likeness (QED) is 0.812.